The summed E-state index contributed by atoms with van der Waals surface area (Å²) in [4.78, 5) is 23.5. The molecular weight excluding hydrogens is 220 g/mol. The van der Waals surface area contributed by atoms with Crippen LogP contribution in [0, 0.1) is 17.3 Å². The van der Waals surface area contributed by atoms with Gasteiger partial charge in [0, 0.05) is 4.79 Å². The third-order valence-corrected chi connectivity index (χ3v) is 3.62. The number of hydrogen-bond acceptors (Lipinski definition) is 3. The van der Waals surface area contributed by atoms with Crippen molar-refractivity contribution in [3.63, 3.8) is 0 Å². The summed E-state index contributed by atoms with van der Waals surface area (Å²) in [6.07, 6.45) is 2.92. The van der Waals surface area contributed by atoms with E-state index in [4.69, 9.17) is 9.84 Å². The van der Waals surface area contributed by atoms with Crippen LogP contribution in [-0.2, 0) is 14.3 Å². The van der Waals surface area contributed by atoms with E-state index in [1.807, 2.05) is 13.8 Å². The summed E-state index contributed by atoms with van der Waals surface area (Å²) in [5.74, 6) is -1.08. The van der Waals surface area contributed by atoms with Crippen LogP contribution in [0.2, 0.25) is 0 Å². The van der Waals surface area contributed by atoms with Gasteiger partial charge >= 0.3 is 11.9 Å². The van der Waals surface area contributed by atoms with Gasteiger partial charge in [0.1, 0.15) is 5.92 Å². The van der Waals surface area contributed by atoms with E-state index < -0.39 is 17.3 Å². The van der Waals surface area contributed by atoms with Crippen molar-refractivity contribution in [3.8, 4) is 0 Å². The molecule has 1 fully saturated rings. The van der Waals surface area contributed by atoms with Crippen molar-refractivity contribution < 1.29 is 19.4 Å². The number of esters is 1. The van der Waals surface area contributed by atoms with Crippen LogP contribution in [0.5, 0.6) is 0 Å². The van der Waals surface area contributed by atoms with E-state index in [0.717, 1.165) is 6.42 Å². The Kier molecular flexibility index (Phi) is 4.54. The molecule has 1 aliphatic rings. The molecule has 0 aromatic heterocycles. The largest absolute Gasteiger partial charge is 0.564 e. The Morgan fingerprint density at radius 1 is 1.35 bits per heavy atom. The summed E-state index contributed by atoms with van der Waals surface area (Å²) in [6, 6.07) is 0. The van der Waals surface area contributed by atoms with Gasteiger partial charge in [0.05, 0.1) is 12.0 Å². The lowest BCUT2D eigenvalue weighted by atomic mass is 9.59. The molecule has 0 spiro atoms. The van der Waals surface area contributed by atoms with Crippen LogP contribution in [0.25, 0.3) is 0 Å². The zero-order valence-corrected chi connectivity index (χ0v) is 10.9. The Bertz CT molecular complexity index is 292. The summed E-state index contributed by atoms with van der Waals surface area (Å²) in [5, 5.41) is 7.40. The Morgan fingerprint density at radius 3 is 2.24 bits per heavy atom. The fourth-order valence-electron chi connectivity index (χ4n) is 2.58. The molecule has 0 aromatic rings. The summed E-state index contributed by atoms with van der Waals surface area (Å²) in [7, 11) is 0. The van der Waals surface area contributed by atoms with Crippen LogP contribution in [0.3, 0.4) is 0 Å². The van der Waals surface area contributed by atoms with E-state index in [1.165, 1.54) is 0 Å². The van der Waals surface area contributed by atoms with E-state index in [2.05, 4.69) is 0 Å². The van der Waals surface area contributed by atoms with E-state index in [1.54, 1.807) is 6.92 Å². The molecule has 0 radical (unpaired) electrons. The molecule has 2 N–H and O–H groups in total. The van der Waals surface area contributed by atoms with Crippen LogP contribution in [0.4, 0.5) is 0 Å². The molecule has 98 valence electrons. The fourth-order valence-corrected chi connectivity index (χ4v) is 2.58. The van der Waals surface area contributed by atoms with Crippen molar-refractivity contribution >= 4 is 11.9 Å². The fraction of sp³-hybridized carbons (Fsp3) is 0.846. The Hall–Kier alpha value is -1.06. The molecule has 0 saturated heterocycles. The van der Waals surface area contributed by atoms with Gasteiger partial charge in [-0.1, -0.05) is 20.3 Å². The lowest BCUT2D eigenvalue weighted by molar-refractivity contribution is -0.175. The van der Waals surface area contributed by atoms with E-state index in [0.29, 0.717) is 31.8 Å². The van der Waals surface area contributed by atoms with Crippen molar-refractivity contribution in [3.05, 3.63) is 0 Å². The zero-order valence-electron chi connectivity index (χ0n) is 10.9. The molecule has 4 nitrogen and oxygen atoms in total. The minimum atomic E-state index is -0.695. The van der Waals surface area contributed by atoms with E-state index in [-0.39, 0.29) is 5.97 Å². The van der Waals surface area contributed by atoms with Gasteiger partial charge in [0.2, 0.25) is 0 Å². The van der Waals surface area contributed by atoms with Crippen molar-refractivity contribution in [2.24, 2.45) is 17.3 Å². The van der Waals surface area contributed by atoms with Gasteiger partial charge in [0.25, 0.3) is 0 Å². The summed E-state index contributed by atoms with van der Waals surface area (Å²) in [5.41, 5.74) is -0.695. The lowest BCUT2D eigenvalue weighted by Crippen LogP contribution is -2.49. The number of ether oxygens (including phenoxy) is 1. The number of hydrogen-bond donors (Lipinski definition) is 0. The van der Waals surface area contributed by atoms with E-state index >= 15 is 0 Å². The normalized spacial score (nSPS) is 19.5. The summed E-state index contributed by atoms with van der Waals surface area (Å²) >= 11 is 0. The number of rotatable bonds is 6. The summed E-state index contributed by atoms with van der Waals surface area (Å²) < 4.78 is 5.09. The van der Waals surface area contributed by atoms with Gasteiger partial charge < -0.3 is 9.84 Å². The van der Waals surface area contributed by atoms with Crippen LogP contribution in [-0.4, -0.2) is 23.7 Å². The second-order valence-corrected chi connectivity index (χ2v) is 5.28. The first kappa shape index (κ1) is 14.0. The monoisotopic (exact) mass is 243 g/mol. The molecule has 1 unspecified atom stereocenters. The van der Waals surface area contributed by atoms with Crippen LogP contribution in [0.1, 0.15) is 46.5 Å². The smallest absolute Gasteiger partial charge is 0.520 e. The minimum Gasteiger partial charge on any atom is -0.564 e. The van der Waals surface area contributed by atoms with Gasteiger partial charge in [-0.3, -0.25) is 4.79 Å². The zero-order chi connectivity index (χ0) is 13.1. The molecule has 0 amide bonds. The SMILES string of the molecule is CCOC(=O)C1(C(CC(C)C)C(=O)[OH2+])CCC1. The highest BCUT2D eigenvalue weighted by molar-refractivity contribution is 5.85. The molecule has 1 rings (SSSR count). The van der Waals surface area contributed by atoms with Crippen molar-refractivity contribution in [2.45, 2.75) is 46.5 Å². The molecule has 0 aromatic carbocycles. The molecular formula is C13H23O4+. The van der Waals surface area contributed by atoms with Crippen LogP contribution < -0.4 is 0 Å². The molecule has 17 heavy (non-hydrogen) atoms. The summed E-state index contributed by atoms with van der Waals surface area (Å²) in [6.45, 7) is 6.12. The lowest BCUT2D eigenvalue weighted by Gasteiger charge is -2.42. The van der Waals surface area contributed by atoms with Crippen molar-refractivity contribution in [2.75, 3.05) is 6.61 Å². The van der Waals surface area contributed by atoms with Gasteiger partial charge in [0.15, 0.2) is 0 Å². The molecule has 0 aliphatic heterocycles. The predicted octanol–water partition coefficient (Wildman–Crippen LogP) is 1.63. The van der Waals surface area contributed by atoms with Gasteiger partial charge in [-0.2, -0.15) is 0 Å². The molecule has 1 saturated carbocycles. The highest BCUT2D eigenvalue weighted by Crippen LogP contribution is 2.50. The maximum absolute atomic E-state index is 12.0. The highest BCUT2D eigenvalue weighted by Gasteiger charge is 2.57. The average Bonchev–Trinajstić information content (AvgIpc) is 2.14. The minimum absolute atomic E-state index is 0.280. The predicted molar refractivity (Wildman–Crippen MR) is 64.5 cm³/mol. The first-order chi connectivity index (χ1) is 7.94. The van der Waals surface area contributed by atoms with Gasteiger partial charge in [-0.15, -0.1) is 0 Å². The van der Waals surface area contributed by atoms with Crippen LogP contribution in [0.15, 0.2) is 0 Å². The maximum Gasteiger partial charge on any atom is 0.520 e. The third-order valence-electron chi connectivity index (χ3n) is 3.62. The maximum atomic E-state index is 12.0. The third kappa shape index (κ3) is 2.79. The second-order valence-electron chi connectivity index (χ2n) is 5.28. The Balaban J connectivity index is 2.87. The van der Waals surface area contributed by atoms with Gasteiger partial charge in [-0.05, 0) is 32.1 Å². The first-order valence-electron chi connectivity index (χ1n) is 6.36. The van der Waals surface area contributed by atoms with Crippen molar-refractivity contribution in [1.29, 1.82) is 0 Å². The molecule has 4 heteroatoms. The average molecular weight is 243 g/mol. The first-order valence-corrected chi connectivity index (χ1v) is 6.36. The van der Waals surface area contributed by atoms with Crippen LogP contribution >= 0.6 is 0 Å². The highest BCUT2D eigenvalue weighted by atomic mass is 16.5. The van der Waals surface area contributed by atoms with Gasteiger partial charge in [-0.25, -0.2) is 0 Å². The van der Waals surface area contributed by atoms with Crippen molar-refractivity contribution in [1.82, 2.24) is 0 Å². The molecule has 1 aliphatic carbocycles. The Morgan fingerprint density at radius 2 is 1.94 bits per heavy atom. The number of carbonyl (C=O) groups excluding carboxylic acids is 2. The Labute approximate surface area is 102 Å². The molecule has 0 heterocycles. The molecule has 0 bridgehead atoms. The quantitative estimate of drug-likeness (QED) is 0.526. The van der Waals surface area contributed by atoms with E-state index in [9.17, 15) is 9.59 Å². The topological polar surface area (TPSA) is 66.3 Å². The molecule has 1 atom stereocenters. The number of carbonyl (C=O) groups is 2. The second kappa shape index (κ2) is 5.52. The standard InChI is InChI=1S/C13H22O4/c1-4-17-12(16)13(6-5-7-13)10(11(14)15)8-9(2)3/h9-10H,4-8H2,1-3H3,(H,14,15)/p+1.